The minimum atomic E-state index is 0.752. The van der Waals surface area contributed by atoms with Gasteiger partial charge >= 0.3 is 0 Å². The lowest BCUT2D eigenvalue weighted by atomic mass is 10.2. The molecule has 1 fully saturated rings. The van der Waals surface area contributed by atoms with Crippen molar-refractivity contribution < 1.29 is 0 Å². The highest BCUT2D eigenvalue weighted by molar-refractivity contribution is 5.65. The molecule has 1 saturated heterocycles. The smallest absolute Gasteiger partial charge is 0.163 e. The molecule has 0 radical (unpaired) electrons. The molecule has 4 rings (SSSR count). The van der Waals surface area contributed by atoms with Gasteiger partial charge in [0.2, 0.25) is 0 Å². The van der Waals surface area contributed by atoms with E-state index in [4.69, 9.17) is 9.97 Å². The number of hydrogen-bond donors (Lipinski definition) is 1. The van der Waals surface area contributed by atoms with Gasteiger partial charge in [0.25, 0.3) is 0 Å². The van der Waals surface area contributed by atoms with Crippen LogP contribution in [0.1, 0.15) is 5.56 Å². The van der Waals surface area contributed by atoms with Gasteiger partial charge in [0.1, 0.15) is 11.6 Å². The van der Waals surface area contributed by atoms with E-state index in [-0.39, 0.29) is 0 Å². The van der Waals surface area contributed by atoms with Crippen LogP contribution in [0.3, 0.4) is 0 Å². The molecule has 2 heterocycles. The Labute approximate surface area is 160 Å². The minimum Gasteiger partial charge on any atom is -0.354 e. The number of hydrogen-bond acceptors (Lipinski definition) is 5. The molecular weight excluding hydrogens is 334 g/mol. The van der Waals surface area contributed by atoms with Crippen LogP contribution in [-0.4, -0.2) is 48.1 Å². The maximum atomic E-state index is 4.86. The van der Waals surface area contributed by atoms with Gasteiger partial charge in [-0.15, -0.1) is 0 Å². The highest BCUT2D eigenvalue weighted by Crippen LogP contribution is 2.25. The predicted octanol–water partition coefficient (Wildman–Crippen LogP) is 3.95. The lowest BCUT2D eigenvalue weighted by molar-refractivity contribution is 0.312. The molecule has 5 heteroatoms. The number of anilines is 3. The van der Waals surface area contributed by atoms with Crippen LogP contribution < -0.4 is 10.2 Å². The normalized spacial score (nSPS) is 15.0. The van der Waals surface area contributed by atoms with Crippen LogP contribution in [0.4, 0.5) is 17.3 Å². The van der Waals surface area contributed by atoms with Crippen LogP contribution >= 0.6 is 0 Å². The van der Waals surface area contributed by atoms with E-state index < -0.39 is 0 Å². The lowest BCUT2D eigenvalue weighted by Crippen LogP contribution is -2.44. The molecule has 1 N–H and O–H groups in total. The van der Waals surface area contributed by atoms with Gasteiger partial charge in [-0.05, 0) is 26.1 Å². The SMILES string of the molecule is Cc1ccc(Nc2cc(N3CCN(C)CC3)nc(-c3ccccc3)n2)cc1. The molecule has 0 atom stereocenters. The third-order valence-electron chi connectivity index (χ3n) is 4.90. The van der Waals surface area contributed by atoms with E-state index in [0.29, 0.717) is 0 Å². The fourth-order valence-electron chi connectivity index (χ4n) is 3.20. The molecule has 0 saturated carbocycles. The lowest BCUT2D eigenvalue weighted by Gasteiger charge is -2.33. The number of aromatic nitrogens is 2. The third-order valence-corrected chi connectivity index (χ3v) is 4.90. The molecule has 2 aromatic carbocycles. The first-order valence-electron chi connectivity index (χ1n) is 9.39. The van der Waals surface area contributed by atoms with Crippen LogP contribution in [-0.2, 0) is 0 Å². The molecule has 0 aliphatic carbocycles. The first kappa shape index (κ1) is 17.5. The Bertz CT molecular complexity index is 884. The van der Waals surface area contributed by atoms with E-state index in [1.807, 2.05) is 18.2 Å². The van der Waals surface area contributed by atoms with Crippen molar-refractivity contribution in [2.75, 3.05) is 43.4 Å². The van der Waals surface area contributed by atoms with Crippen molar-refractivity contribution in [3.05, 3.63) is 66.2 Å². The summed E-state index contributed by atoms with van der Waals surface area (Å²) < 4.78 is 0. The summed E-state index contributed by atoms with van der Waals surface area (Å²) in [5.41, 5.74) is 3.30. The Morgan fingerprint density at radius 3 is 2.26 bits per heavy atom. The molecule has 5 nitrogen and oxygen atoms in total. The zero-order valence-corrected chi connectivity index (χ0v) is 15.9. The van der Waals surface area contributed by atoms with Crippen LogP contribution in [0.5, 0.6) is 0 Å². The van der Waals surface area contributed by atoms with Gasteiger partial charge in [0, 0.05) is 43.5 Å². The molecule has 0 amide bonds. The van der Waals surface area contributed by atoms with Crippen molar-refractivity contribution in [1.82, 2.24) is 14.9 Å². The maximum Gasteiger partial charge on any atom is 0.163 e. The topological polar surface area (TPSA) is 44.3 Å². The number of piperazine rings is 1. The summed E-state index contributed by atoms with van der Waals surface area (Å²) in [5, 5.41) is 3.44. The first-order chi connectivity index (χ1) is 13.2. The summed E-state index contributed by atoms with van der Waals surface area (Å²) in [7, 11) is 2.16. The number of likely N-dealkylation sites (N-methyl/N-ethyl adjacent to an activating group) is 1. The van der Waals surface area contributed by atoms with Crippen LogP contribution in [0.2, 0.25) is 0 Å². The Hall–Kier alpha value is -2.92. The molecule has 1 aliphatic rings. The van der Waals surface area contributed by atoms with Gasteiger partial charge in [0.05, 0.1) is 0 Å². The van der Waals surface area contributed by atoms with E-state index >= 15 is 0 Å². The quantitative estimate of drug-likeness (QED) is 0.764. The summed E-state index contributed by atoms with van der Waals surface area (Å²) in [6, 6.07) is 20.6. The summed E-state index contributed by atoms with van der Waals surface area (Å²) >= 11 is 0. The van der Waals surface area contributed by atoms with Crippen molar-refractivity contribution >= 4 is 17.3 Å². The van der Waals surface area contributed by atoms with E-state index in [2.05, 4.69) is 71.6 Å². The van der Waals surface area contributed by atoms with Crippen molar-refractivity contribution in [3.63, 3.8) is 0 Å². The fraction of sp³-hybridized carbons (Fsp3) is 0.273. The highest BCUT2D eigenvalue weighted by Gasteiger charge is 2.17. The molecule has 1 aromatic heterocycles. The van der Waals surface area contributed by atoms with E-state index in [1.165, 1.54) is 5.56 Å². The summed E-state index contributed by atoms with van der Waals surface area (Å²) in [4.78, 5) is 14.3. The maximum absolute atomic E-state index is 4.86. The molecule has 138 valence electrons. The fourth-order valence-corrected chi connectivity index (χ4v) is 3.20. The van der Waals surface area contributed by atoms with E-state index in [0.717, 1.165) is 54.9 Å². The Morgan fingerprint density at radius 1 is 0.852 bits per heavy atom. The second kappa shape index (κ2) is 7.76. The number of rotatable bonds is 4. The average Bonchev–Trinajstić information content (AvgIpc) is 2.71. The number of benzene rings is 2. The van der Waals surface area contributed by atoms with Crippen molar-refractivity contribution in [1.29, 1.82) is 0 Å². The van der Waals surface area contributed by atoms with Crippen molar-refractivity contribution in [3.8, 4) is 11.4 Å². The number of nitrogens with one attached hydrogen (secondary N) is 1. The van der Waals surface area contributed by atoms with Gasteiger partial charge in [-0.1, -0.05) is 48.0 Å². The molecule has 27 heavy (non-hydrogen) atoms. The van der Waals surface area contributed by atoms with Gasteiger partial charge in [0.15, 0.2) is 5.82 Å². The molecule has 0 bridgehead atoms. The molecule has 0 unspecified atom stereocenters. The van der Waals surface area contributed by atoms with Gasteiger partial charge in [-0.3, -0.25) is 0 Å². The largest absolute Gasteiger partial charge is 0.354 e. The third kappa shape index (κ3) is 4.26. The Kier molecular flexibility index (Phi) is 5.03. The Balaban J connectivity index is 1.69. The average molecular weight is 359 g/mol. The van der Waals surface area contributed by atoms with Crippen LogP contribution in [0, 0.1) is 6.92 Å². The standard InChI is InChI=1S/C22H25N5/c1-17-8-10-19(11-9-17)23-20-16-21(27-14-12-26(2)13-15-27)25-22(24-20)18-6-4-3-5-7-18/h3-11,16H,12-15H2,1-2H3,(H,23,24,25). The molecule has 0 spiro atoms. The molecular formula is C22H25N5. The van der Waals surface area contributed by atoms with Crippen molar-refractivity contribution in [2.24, 2.45) is 0 Å². The first-order valence-corrected chi connectivity index (χ1v) is 9.39. The second-order valence-corrected chi connectivity index (χ2v) is 7.08. The molecule has 3 aromatic rings. The number of nitrogens with zero attached hydrogens (tertiary/aromatic N) is 4. The minimum absolute atomic E-state index is 0.752. The van der Waals surface area contributed by atoms with Crippen LogP contribution in [0.15, 0.2) is 60.7 Å². The monoisotopic (exact) mass is 359 g/mol. The zero-order chi connectivity index (χ0) is 18.6. The highest BCUT2D eigenvalue weighted by atomic mass is 15.3. The summed E-state index contributed by atoms with van der Waals surface area (Å²) in [5.74, 6) is 2.55. The Morgan fingerprint density at radius 2 is 1.56 bits per heavy atom. The van der Waals surface area contributed by atoms with E-state index in [1.54, 1.807) is 0 Å². The van der Waals surface area contributed by atoms with Gasteiger partial charge in [-0.2, -0.15) is 0 Å². The van der Waals surface area contributed by atoms with Crippen LogP contribution in [0.25, 0.3) is 11.4 Å². The zero-order valence-electron chi connectivity index (χ0n) is 15.9. The number of aryl methyl sites for hydroxylation is 1. The predicted molar refractivity (Wildman–Crippen MR) is 112 cm³/mol. The second-order valence-electron chi connectivity index (χ2n) is 7.08. The van der Waals surface area contributed by atoms with E-state index in [9.17, 15) is 0 Å². The van der Waals surface area contributed by atoms with Crippen molar-refractivity contribution in [2.45, 2.75) is 6.92 Å². The summed E-state index contributed by atoms with van der Waals surface area (Å²) in [6.45, 7) is 6.14. The summed E-state index contributed by atoms with van der Waals surface area (Å²) in [6.07, 6.45) is 0. The van der Waals surface area contributed by atoms with Gasteiger partial charge < -0.3 is 15.1 Å². The molecule has 1 aliphatic heterocycles. The van der Waals surface area contributed by atoms with Gasteiger partial charge in [-0.25, -0.2) is 9.97 Å².